The summed E-state index contributed by atoms with van der Waals surface area (Å²) in [6, 6.07) is 30.7. The van der Waals surface area contributed by atoms with Crippen molar-refractivity contribution >= 4 is 23.4 Å². The fraction of sp³-hybridized carbons (Fsp3) is 0.250. The largest absolute Gasteiger partial charge is 0.314 e. The summed E-state index contributed by atoms with van der Waals surface area (Å²) in [4.78, 5) is 0. The van der Waals surface area contributed by atoms with Crippen LogP contribution in [0.1, 0.15) is 19.4 Å². The van der Waals surface area contributed by atoms with Crippen molar-refractivity contribution in [2.75, 3.05) is 12.7 Å². The van der Waals surface area contributed by atoms with Gasteiger partial charge < -0.3 is 5.32 Å². The van der Waals surface area contributed by atoms with Gasteiger partial charge in [0.1, 0.15) is 0 Å². The van der Waals surface area contributed by atoms with Crippen molar-refractivity contribution < 1.29 is 0 Å². The molecule has 0 saturated heterocycles. The minimum absolute atomic E-state index is 0.470. The Balaban J connectivity index is 2.19. The van der Waals surface area contributed by atoms with E-state index < -0.39 is 7.05 Å². The maximum atomic E-state index is 5.44. The van der Waals surface area contributed by atoms with E-state index in [1.807, 2.05) is 0 Å². The van der Waals surface area contributed by atoms with E-state index >= 15 is 0 Å². The Morgan fingerprint density at radius 1 is 0.778 bits per heavy atom. The molecule has 140 valence electrons. The molecule has 2 nitrogen and oxygen atoms in total. The molecule has 0 bridgehead atoms. The van der Waals surface area contributed by atoms with E-state index in [0.717, 1.165) is 18.4 Å². The molecule has 3 aromatic carbocycles. The second kappa shape index (κ2) is 9.17. The van der Waals surface area contributed by atoms with Gasteiger partial charge in [-0.15, -0.1) is 0 Å². The third kappa shape index (κ3) is 4.97. The number of nitrogens with one attached hydrogen (secondary N) is 1. The minimum Gasteiger partial charge on any atom is -0.314 e. The summed E-state index contributed by atoms with van der Waals surface area (Å²) in [5, 5.41) is 6.27. The van der Waals surface area contributed by atoms with E-state index in [0.29, 0.717) is 6.04 Å². The van der Waals surface area contributed by atoms with Crippen molar-refractivity contribution in [3.63, 3.8) is 0 Å². The van der Waals surface area contributed by atoms with Crippen molar-refractivity contribution in [2.45, 2.75) is 26.8 Å². The first-order chi connectivity index (χ1) is 13.1. The monoisotopic (exact) mass is 376 g/mol. The van der Waals surface area contributed by atoms with Gasteiger partial charge in [0.25, 0.3) is 0 Å². The molecule has 27 heavy (non-hydrogen) atoms. The van der Waals surface area contributed by atoms with Crippen LogP contribution >= 0.6 is 7.05 Å². The summed E-state index contributed by atoms with van der Waals surface area (Å²) in [7, 11) is -1.93. The van der Waals surface area contributed by atoms with Crippen LogP contribution in [0.4, 0.5) is 5.69 Å². The van der Waals surface area contributed by atoms with Crippen LogP contribution in [0.15, 0.2) is 89.7 Å². The average Bonchev–Trinajstić information content (AvgIpc) is 2.70. The van der Waals surface area contributed by atoms with Crippen LogP contribution in [0.25, 0.3) is 0 Å². The van der Waals surface area contributed by atoms with Crippen LogP contribution in [0.3, 0.4) is 0 Å². The lowest BCUT2D eigenvalue weighted by atomic mass is 10.2. The zero-order chi connectivity index (χ0) is 19.1. The third-order valence-electron chi connectivity index (χ3n) is 4.67. The molecule has 0 saturated carbocycles. The third-order valence-corrected chi connectivity index (χ3v) is 8.42. The maximum Gasteiger partial charge on any atom is 0.0621 e. The van der Waals surface area contributed by atoms with E-state index in [1.54, 1.807) is 0 Å². The van der Waals surface area contributed by atoms with E-state index in [2.05, 4.69) is 111 Å². The van der Waals surface area contributed by atoms with Crippen LogP contribution in [-0.2, 0) is 0 Å². The second-order valence-electron chi connectivity index (χ2n) is 7.21. The molecule has 1 N–H and O–H groups in total. The number of hydrogen-bond acceptors (Lipinski definition) is 2. The molecule has 3 rings (SSSR count). The minimum atomic E-state index is -1.93. The smallest absolute Gasteiger partial charge is 0.0621 e. The first-order valence-electron chi connectivity index (χ1n) is 9.63. The topological polar surface area (TPSA) is 24.4 Å². The maximum absolute atomic E-state index is 5.44. The number of aryl methyl sites for hydroxylation is 1. The van der Waals surface area contributed by atoms with E-state index in [4.69, 9.17) is 4.74 Å². The summed E-state index contributed by atoms with van der Waals surface area (Å²) in [5.41, 5.74) is 2.32. The van der Waals surface area contributed by atoms with Crippen molar-refractivity contribution in [2.24, 2.45) is 4.74 Å². The summed E-state index contributed by atoms with van der Waals surface area (Å²) in [6.07, 6.45) is 1.01. The van der Waals surface area contributed by atoms with Crippen molar-refractivity contribution in [1.29, 1.82) is 0 Å². The predicted octanol–water partition coefficient (Wildman–Crippen LogP) is 5.48. The molecule has 0 aromatic heterocycles. The molecule has 0 fully saturated rings. The number of rotatable bonds is 7. The molecule has 0 aliphatic heterocycles. The van der Waals surface area contributed by atoms with Gasteiger partial charge in [0.2, 0.25) is 0 Å². The molecule has 3 heteroatoms. The van der Waals surface area contributed by atoms with Crippen LogP contribution in [0.2, 0.25) is 0 Å². The average molecular weight is 376 g/mol. The fourth-order valence-corrected chi connectivity index (χ4v) is 6.70. The van der Waals surface area contributed by atoms with Gasteiger partial charge in [0.15, 0.2) is 0 Å². The van der Waals surface area contributed by atoms with Gasteiger partial charge in [-0.05, 0) is 29.7 Å². The number of nitrogens with zero attached hydrogens (tertiary/aromatic N) is 1. The zero-order valence-corrected chi connectivity index (χ0v) is 17.4. The Morgan fingerprint density at radius 2 is 1.30 bits per heavy atom. The normalized spacial score (nSPS) is 11.6. The quantitative estimate of drug-likeness (QED) is 0.543. The highest BCUT2D eigenvalue weighted by molar-refractivity contribution is 7.81. The first kappa shape index (κ1) is 19.6. The van der Waals surface area contributed by atoms with Gasteiger partial charge in [-0.2, -0.15) is 0 Å². The molecule has 0 radical (unpaired) electrons. The van der Waals surface area contributed by atoms with Crippen LogP contribution in [0, 0.1) is 6.92 Å². The molecule has 0 amide bonds. The molecule has 0 aliphatic carbocycles. The molecule has 0 aliphatic rings. The molecule has 0 atom stereocenters. The Hall–Kier alpha value is -2.15. The Labute approximate surface area is 163 Å². The summed E-state index contributed by atoms with van der Waals surface area (Å²) in [6.45, 7) is 7.46. The predicted molar refractivity (Wildman–Crippen MR) is 120 cm³/mol. The highest BCUT2D eigenvalue weighted by atomic mass is 31.2. The molecular formula is C24H29N2P. The molecule has 3 aromatic rings. The Kier molecular flexibility index (Phi) is 6.66. The Morgan fingerprint density at radius 3 is 1.78 bits per heavy atom. The van der Waals surface area contributed by atoms with Gasteiger partial charge in [-0.25, -0.2) is 0 Å². The van der Waals surface area contributed by atoms with Gasteiger partial charge in [0, 0.05) is 25.8 Å². The lowest BCUT2D eigenvalue weighted by Crippen LogP contribution is -2.29. The summed E-state index contributed by atoms with van der Waals surface area (Å²) < 4.78 is 5.44. The van der Waals surface area contributed by atoms with Gasteiger partial charge in [-0.3, -0.25) is 4.74 Å². The van der Waals surface area contributed by atoms with Crippen LogP contribution in [-0.4, -0.2) is 18.7 Å². The van der Waals surface area contributed by atoms with Crippen LogP contribution in [0.5, 0.6) is 0 Å². The van der Waals surface area contributed by atoms with E-state index in [1.165, 1.54) is 16.2 Å². The van der Waals surface area contributed by atoms with Gasteiger partial charge >= 0.3 is 0 Å². The van der Waals surface area contributed by atoms with Gasteiger partial charge in [0.05, 0.1) is 5.69 Å². The zero-order valence-electron chi connectivity index (χ0n) is 16.5. The molecule has 0 heterocycles. The first-order valence-corrected chi connectivity index (χ1v) is 11.6. The van der Waals surface area contributed by atoms with Crippen LogP contribution < -0.4 is 15.9 Å². The molecule has 0 unspecified atom stereocenters. The van der Waals surface area contributed by atoms with Crippen molar-refractivity contribution in [1.82, 2.24) is 5.32 Å². The standard InChI is InChI=1S/C24H29N2P/c1-20(2)25-18-19-27(23-10-6-4-7-11-23,24-12-8-5-9-13-24)26-22-16-14-21(3)15-17-22/h4-17,20,25H,18-19H2,1-3H3. The summed E-state index contributed by atoms with van der Waals surface area (Å²) >= 11 is 0. The number of hydrogen-bond donors (Lipinski definition) is 1. The second-order valence-corrected chi connectivity index (χ2v) is 10.4. The fourth-order valence-electron chi connectivity index (χ4n) is 3.25. The SMILES string of the molecule is Cc1ccc(N=P(CCNC(C)C)(c2ccccc2)c2ccccc2)cc1. The lowest BCUT2D eigenvalue weighted by Gasteiger charge is -2.27. The molecular weight excluding hydrogens is 347 g/mol. The lowest BCUT2D eigenvalue weighted by molar-refractivity contribution is 0.615. The summed E-state index contributed by atoms with van der Waals surface area (Å²) in [5.74, 6) is 0. The van der Waals surface area contributed by atoms with Gasteiger partial charge in [-0.1, -0.05) is 92.2 Å². The molecule has 0 spiro atoms. The van der Waals surface area contributed by atoms with E-state index in [-0.39, 0.29) is 0 Å². The van der Waals surface area contributed by atoms with Crippen molar-refractivity contribution in [3.8, 4) is 0 Å². The highest BCUT2D eigenvalue weighted by Crippen LogP contribution is 2.49. The Bertz CT molecular complexity index is 841. The number of benzene rings is 3. The highest BCUT2D eigenvalue weighted by Gasteiger charge is 2.24. The van der Waals surface area contributed by atoms with Crippen molar-refractivity contribution in [3.05, 3.63) is 90.5 Å². The van der Waals surface area contributed by atoms with E-state index in [9.17, 15) is 0 Å².